The molecule has 0 bridgehead atoms. The van der Waals surface area contributed by atoms with Gasteiger partial charge in [-0.3, -0.25) is 4.98 Å². The lowest BCUT2D eigenvalue weighted by Crippen LogP contribution is -2.12. The predicted octanol–water partition coefficient (Wildman–Crippen LogP) is 3.05. The lowest BCUT2D eigenvalue weighted by atomic mass is 9.97. The maximum absolute atomic E-state index is 6.25. The summed E-state index contributed by atoms with van der Waals surface area (Å²) in [4.78, 5) is 4.29. The van der Waals surface area contributed by atoms with Crippen LogP contribution in [-0.4, -0.2) is 4.98 Å². The molecule has 88 valence electrons. The highest BCUT2D eigenvalue weighted by molar-refractivity contribution is 5.36. The zero-order chi connectivity index (χ0) is 12.4. The van der Waals surface area contributed by atoms with Crippen molar-refractivity contribution in [2.75, 3.05) is 0 Å². The third-order valence-electron chi connectivity index (χ3n) is 3.18. The van der Waals surface area contributed by atoms with E-state index in [9.17, 15) is 0 Å². The number of benzene rings is 1. The average Bonchev–Trinajstić information content (AvgIpc) is 2.33. The van der Waals surface area contributed by atoms with E-state index >= 15 is 0 Å². The van der Waals surface area contributed by atoms with E-state index in [1.807, 2.05) is 25.3 Å². The number of aromatic nitrogens is 1. The van der Waals surface area contributed by atoms with E-state index in [1.54, 1.807) is 0 Å². The van der Waals surface area contributed by atoms with Crippen molar-refractivity contribution in [2.24, 2.45) is 5.73 Å². The van der Waals surface area contributed by atoms with Crippen molar-refractivity contribution in [1.29, 1.82) is 0 Å². The van der Waals surface area contributed by atoms with Crippen LogP contribution in [0.5, 0.6) is 0 Å². The summed E-state index contributed by atoms with van der Waals surface area (Å²) in [5.41, 5.74) is 12.0. The minimum atomic E-state index is -0.0950. The molecule has 1 aromatic carbocycles. The van der Waals surface area contributed by atoms with Crippen LogP contribution in [0.2, 0.25) is 0 Å². The Morgan fingerprint density at radius 2 is 1.65 bits per heavy atom. The topological polar surface area (TPSA) is 38.9 Å². The Bertz CT molecular complexity index is 515. The lowest BCUT2D eigenvalue weighted by Gasteiger charge is -2.14. The quantitative estimate of drug-likeness (QED) is 0.854. The van der Waals surface area contributed by atoms with Gasteiger partial charge in [-0.15, -0.1) is 0 Å². The summed E-state index contributed by atoms with van der Waals surface area (Å²) in [6.07, 6.45) is 1.86. The van der Waals surface area contributed by atoms with Crippen LogP contribution >= 0.6 is 0 Å². The minimum absolute atomic E-state index is 0.0950. The molecule has 0 saturated carbocycles. The molecule has 2 heteroatoms. The van der Waals surface area contributed by atoms with Crippen molar-refractivity contribution in [3.8, 4) is 0 Å². The molecule has 2 N–H and O–H groups in total. The zero-order valence-electron chi connectivity index (χ0n) is 10.6. The first-order valence-electron chi connectivity index (χ1n) is 5.83. The second-order valence-electron chi connectivity index (χ2n) is 4.55. The van der Waals surface area contributed by atoms with Crippen LogP contribution in [0.1, 0.15) is 34.0 Å². The third-order valence-corrected chi connectivity index (χ3v) is 3.18. The van der Waals surface area contributed by atoms with Crippen LogP contribution in [0.4, 0.5) is 0 Å². The first-order chi connectivity index (χ1) is 8.08. The van der Waals surface area contributed by atoms with Gasteiger partial charge in [-0.2, -0.15) is 0 Å². The molecule has 1 heterocycles. The van der Waals surface area contributed by atoms with E-state index in [2.05, 4.69) is 37.0 Å². The summed E-state index contributed by atoms with van der Waals surface area (Å²) in [7, 11) is 0. The fraction of sp³-hybridized carbons (Fsp3) is 0.267. The molecule has 0 aliphatic rings. The number of rotatable bonds is 2. The van der Waals surface area contributed by atoms with E-state index in [0.717, 1.165) is 16.8 Å². The van der Waals surface area contributed by atoms with Crippen molar-refractivity contribution < 1.29 is 0 Å². The van der Waals surface area contributed by atoms with E-state index < -0.39 is 0 Å². The molecule has 2 nitrogen and oxygen atoms in total. The van der Waals surface area contributed by atoms with E-state index in [-0.39, 0.29) is 6.04 Å². The van der Waals surface area contributed by atoms with Gasteiger partial charge in [-0.25, -0.2) is 0 Å². The highest BCUT2D eigenvalue weighted by Gasteiger charge is 2.09. The van der Waals surface area contributed by atoms with Crippen LogP contribution in [0.3, 0.4) is 0 Å². The monoisotopic (exact) mass is 226 g/mol. The Labute approximate surface area is 103 Å². The van der Waals surface area contributed by atoms with Crippen molar-refractivity contribution in [3.05, 3.63) is 64.5 Å². The molecule has 17 heavy (non-hydrogen) atoms. The van der Waals surface area contributed by atoms with Crippen molar-refractivity contribution in [1.82, 2.24) is 4.98 Å². The summed E-state index contributed by atoms with van der Waals surface area (Å²) >= 11 is 0. The van der Waals surface area contributed by atoms with Crippen molar-refractivity contribution in [2.45, 2.75) is 26.8 Å². The number of aryl methyl sites for hydroxylation is 3. The van der Waals surface area contributed by atoms with Crippen LogP contribution < -0.4 is 5.73 Å². The Hall–Kier alpha value is -1.67. The van der Waals surface area contributed by atoms with Gasteiger partial charge in [-0.1, -0.05) is 24.3 Å². The number of nitrogens with zero attached hydrogens (tertiary/aromatic N) is 1. The first-order valence-corrected chi connectivity index (χ1v) is 5.83. The van der Waals surface area contributed by atoms with Gasteiger partial charge in [0.05, 0.1) is 6.04 Å². The van der Waals surface area contributed by atoms with E-state index in [0.29, 0.717) is 0 Å². The second-order valence-corrected chi connectivity index (χ2v) is 4.55. The molecule has 0 aliphatic heterocycles. The molecule has 1 aromatic heterocycles. The number of hydrogen-bond acceptors (Lipinski definition) is 2. The maximum atomic E-state index is 6.25. The van der Waals surface area contributed by atoms with Gasteiger partial charge in [0.1, 0.15) is 0 Å². The standard InChI is InChI=1S/C15H18N2/c1-10-4-6-13(8-11(10)2)15(16)14-7-5-12(3)17-9-14/h4-9,15H,16H2,1-3H3. The molecule has 1 atom stereocenters. The molecule has 0 spiro atoms. The summed E-state index contributed by atoms with van der Waals surface area (Å²) in [5.74, 6) is 0. The highest BCUT2D eigenvalue weighted by Crippen LogP contribution is 2.21. The zero-order valence-corrected chi connectivity index (χ0v) is 10.6. The Morgan fingerprint density at radius 3 is 2.24 bits per heavy atom. The Balaban J connectivity index is 2.33. The van der Waals surface area contributed by atoms with Crippen molar-refractivity contribution >= 4 is 0 Å². The molecule has 2 aromatic rings. The normalized spacial score (nSPS) is 12.5. The number of hydrogen-bond donors (Lipinski definition) is 1. The lowest BCUT2D eigenvalue weighted by molar-refractivity contribution is 0.858. The third kappa shape index (κ3) is 2.53. The van der Waals surface area contributed by atoms with Gasteiger partial charge >= 0.3 is 0 Å². The Kier molecular flexibility index (Phi) is 3.25. The molecule has 0 amide bonds. The molecule has 0 radical (unpaired) electrons. The smallest absolute Gasteiger partial charge is 0.0567 e. The number of nitrogens with two attached hydrogens (primary N) is 1. The SMILES string of the molecule is Cc1ccc(C(N)c2ccc(C)c(C)c2)cn1. The summed E-state index contributed by atoms with van der Waals surface area (Å²) in [6.45, 7) is 6.20. The number of pyridine rings is 1. The average molecular weight is 226 g/mol. The fourth-order valence-corrected chi connectivity index (χ4v) is 1.81. The molecule has 0 fully saturated rings. The van der Waals surface area contributed by atoms with Crippen LogP contribution in [0.15, 0.2) is 36.5 Å². The molecular formula is C15H18N2. The first kappa shape index (κ1) is 11.8. The van der Waals surface area contributed by atoms with Crippen LogP contribution in [0, 0.1) is 20.8 Å². The molecule has 2 rings (SSSR count). The molecule has 0 aliphatic carbocycles. The van der Waals surface area contributed by atoms with Crippen molar-refractivity contribution in [3.63, 3.8) is 0 Å². The molecular weight excluding hydrogens is 208 g/mol. The van der Waals surface area contributed by atoms with Gasteiger partial charge in [-0.05, 0) is 49.1 Å². The van der Waals surface area contributed by atoms with Gasteiger partial charge in [0, 0.05) is 11.9 Å². The van der Waals surface area contributed by atoms with E-state index in [4.69, 9.17) is 5.73 Å². The van der Waals surface area contributed by atoms with Crippen LogP contribution in [0.25, 0.3) is 0 Å². The van der Waals surface area contributed by atoms with Gasteiger partial charge in [0.2, 0.25) is 0 Å². The van der Waals surface area contributed by atoms with Crippen LogP contribution in [-0.2, 0) is 0 Å². The summed E-state index contributed by atoms with van der Waals surface area (Å²) in [5, 5.41) is 0. The molecule has 0 saturated heterocycles. The van der Waals surface area contributed by atoms with Gasteiger partial charge in [0.25, 0.3) is 0 Å². The second kappa shape index (κ2) is 4.68. The minimum Gasteiger partial charge on any atom is -0.320 e. The largest absolute Gasteiger partial charge is 0.320 e. The molecule has 1 unspecified atom stereocenters. The van der Waals surface area contributed by atoms with E-state index in [1.165, 1.54) is 11.1 Å². The van der Waals surface area contributed by atoms with Gasteiger partial charge in [0.15, 0.2) is 0 Å². The predicted molar refractivity (Wildman–Crippen MR) is 70.9 cm³/mol. The Morgan fingerprint density at radius 1 is 0.941 bits per heavy atom. The maximum Gasteiger partial charge on any atom is 0.0567 e. The summed E-state index contributed by atoms with van der Waals surface area (Å²) < 4.78 is 0. The van der Waals surface area contributed by atoms with Gasteiger partial charge < -0.3 is 5.73 Å². The summed E-state index contributed by atoms with van der Waals surface area (Å²) in [6, 6.07) is 10.3. The fourth-order valence-electron chi connectivity index (χ4n) is 1.81. The highest BCUT2D eigenvalue weighted by atomic mass is 14.7.